The minimum atomic E-state index is -4.19. The maximum atomic E-state index is 13.6. The Morgan fingerprint density at radius 2 is 1.62 bits per heavy atom. The van der Waals surface area contributed by atoms with Crippen LogP contribution in [0.25, 0.3) is 11.5 Å². The van der Waals surface area contributed by atoms with Gasteiger partial charge in [0.1, 0.15) is 18.0 Å². The highest BCUT2D eigenvalue weighted by Crippen LogP contribution is 2.42. The molecule has 11 nitrogen and oxygen atoms in total. The Labute approximate surface area is 191 Å². The van der Waals surface area contributed by atoms with Crippen LogP contribution in [0.3, 0.4) is 0 Å². The summed E-state index contributed by atoms with van der Waals surface area (Å²) in [5.74, 6) is -1.06. The number of alkyl halides is 2. The molecule has 0 fully saturated rings. The minimum Gasteiger partial charge on any atom is -0.415 e. The molecule has 0 aliphatic carbocycles. The summed E-state index contributed by atoms with van der Waals surface area (Å²) in [6, 6.07) is 6.16. The molecule has 5 rings (SSSR count). The van der Waals surface area contributed by atoms with E-state index in [2.05, 4.69) is 30.1 Å². The Hall–Kier alpha value is -3.75. The first-order valence-corrected chi connectivity index (χ1v) is 11.3. The van der Waals surface area contributed by atoms with E-state index in [-0.39, 0.29) is 34.5 Å². The topological polar surface area (TPSA) is 148 Å². The molecule has 3 aromatic heterocycles. The first-order valence-electron chi connectivity index (χ1n) is 9.85. The van der Waals surface area contributed by atoms with Crippen molar-refractivity contribution in [3.8, 4) is 11.5 Å². The quantitative estimate of drug-likeness (QED) is 0.429. The van der Waals surface area contributed by atoms with E-state index in [9.17, 15) is 22.3 Å². The number of fused-ring (bicyclic) bond motifs is 1. The molecule has 0 saturated carbocycles. The summed E-state index contributed by atoms with van der Waals surface area (Å²) in [7, 11) is -4.19. The maximum Gasteiger partial charge on any atom is 0.314 e. The molecule has 14 heteroatoms. The van der Waals surface area contributed by atoms with Gasteiger partial charge in [-0.05, 0) is 29.8 Å². The molecule has 0 saturated heterocycles. The second-order valence-corrected chi connectivity index (χ2v) is 9.08. The van der Waals surface area contributed by atoms with E-state index in [0.717, 1.165) is 4.31 Å². The first kappa shape index (κ1) is 22.1. The Morgan fingerprint density at radius 1 is 0.971 bits per heavy atom. The number of sulfonamides is 1. The van der Waals surface area contributed by atoms with Gasteiger partial charge in [-0.25, -0.2) is 28.4 Å². The Morgan fingerprint density at radius 3 is 2.24 bits per heavy atom. The molecule has 1 N–H and O–H groups in total. The number of aromatic nitrogens is 6. The van der Waals surface area contributed by atoms with E-state index in [0.29, 0.717) is 5.56 Å². The summed E-state index contributed by atoms with van der Waals surface area (Å²) in [4.78, 5) is 16.3. The van der Waals surface area contributed by atoms with E-state index in [4.69, 9.17) is 4.42 Å². The maximum absolute atomic E-state index is 13.6. The van der Waals surface area contributed by atoms with Gasteiger partial charge in [-0.2, -0.15) is 13.1 Å². The average molecular weight is 487 g/mol. The predicted octanol–water partition coefficient (Wildman–Crippen LogP) is 2.23. The lowest BCUT2D eigenvalue weighted by atomic mass is 10.1. The van der Waals surface area contributed by atoms with Gasteiger partial charge in [-0.15, -0.1) is 10.2 Å². The van der Waals surface area contributed by atoms with Crippen molar-refractivity contribution in [2.45, 2.75) is 30.0 Å². The van der Waals surface area contributed by atoms with Gasteiger partial charge in [-0.1, -0.05) is 6.07 Å². The van der Waals surface area contributed by atoms with Gasteiger partial charge < -0.3 is 9.52 Å². The van der Waals surface area contributed by atoms with Crippen molar-refractivity contribution in [3.63, 3.8) is 0 Å². The number of aliphatic hydroxyl groups is 1. The lowest BCUT2D eigenvalue weighted by Gasteiger charge is -2.28. The van der Waals surface area contributed by atoms with E-state index < -0.39 is 34.5 Å². The molecule has 2 atom stereocenters. The van der Waals surface area contributed by atoms with E-state index in [1.165, 1.54) is 43.0 Å². The lowest BCUT2D eigenvalue weighted by molar-refractivity contribution is 0.0763. The van der Waals surface area contributed by atoms with Crippen molar-refractivity contribution in [1.82, 2.24) is 34.4 Å². The van der Waals surface area contributed by atoms with Gasteiger partial charge in [-0.3, -0.25) is 0 Å². The second-order valence-electron chi connectivity index (χ2n) is 7.22. The molecule has 1 aliphatic rings. The molecule has 1 aromatic carbocycles. The van der Waals surface area contributed by atoms with Crippen molar-refractivity contribution in [3.05, 3.63) is 78.2 Å². The monoisotopic (exact) mass is 487 g/mol. The number of aliphatic hydroxyl groups excluding tert-OH is 1. The standard InChI is InChI=1S/C20H15F2N7O4S/c21-16(22)20-28-27-19(33-20)11-3-4-12-10-29(34(31,32)13(12)9-11)14(17-23-5-1-6-24-17)15(30)18-25-7-2-8-26-18/h1-9,14-16,30H,10H2/t14-,15-/m1/s1. The molecule has 0 spiro atoms. The third kappa shape index (κ3) is 3.81. The Bertz CT molecular complexity index is 1420. The highest BCUT2D eigenvalue weighted by Gasteiger charge is 2.45. The fourth-order valence-corrected chi connectivity index (χ4v) is 5.43. The molecule has 1 aliphatic heterocycles. The largest absolute Gasteiger partial charge is 0.415 e. The zero-order chi connectivity index (χ0) is 23.9. The summed E-state index contributed by atoms with van der Waals surface area (Å²) < 4.78 is 58.7. The third-order valence-electron chi connectivity index (χ3n) is 5.16. The van der Waals surface area contributed by atoms with Gasteiger partial charge in [0.15, 0.2) is 5.82 Å². The molecular formula is C20H15F2N7O4S. The van der Waals surface area contributed by atoms with Crippen LogP contribution in [-0.4, -0.2) is 48.0 Å². The van der Waals surface area contributed by atoms with E-state index >= 15 is 0 Å². The van der Waals surface area contributed by atoms with Crippen LogP contribution < -0.4 is 0 Å². The van der Waals surface area contributed by atoms with Gasteiger partial charge in [0.2, 0.25) is 15.9 Å². The molecule has 174 valence electrons. The highest BCUT2D eigenvalue weighted by molar-refractivity contribution is 7.89. The highest BCUT2D eigenvalue weighted by atomic mass is 32.2. The van der Waals surface area contributed by atoms with Crippen molar-refractivity contribution >= 4 is 10.0 Å². The van der Waals surface area contributed by atoms with Crippen LogP contribution in [-0.2, 0) is 16.6 Å². The van der Waals surface area contributed by atoms with Crippen molar-refractivity contribution in [2.75, 3.05) is 0 Å². The molecule has 34 heavy (non-hydrogen) atoms. The number of halogens is 2. The zero-order valence-corrected chi connectivity index (χ0v) is 17.9. The second kappa shape index (κ2) is 8.55. The minimum absolute atomic E-state index is 0.00260. The number of nitrogens with zero attached hydrogens (tertiary/aromatic N) is 7. The summed E-state index contributed by atoms with van der Waals surface area (Å²) in [6.07, 6.45) is 1.27. The van der Waals surface area contributed by atoms with Crippen LogP contribution in [0.4, 0.5) is 8.78 Å². The van der Waals surface area contributed by atoms with Crippen molar-refractivity contribution < 1.29 is 26.7 Å². The Kier molecular flexibility index (Phi) is 5.55. The van der Waals surface area contributed by atoms with Crippen LogP contribution in [0, 0.1) is 0 Å². The molecule has 4 heterocycles. The van der Waals surface area contributed by atoms with Crippen molar-refractivity contribution in [1.29, 1.82) is 0 Å². The summed E-state index contributed by atoms with van der Waals surface area (Å²) in [5, 5.41) is 17.9. The van der Waals surface area contributed by atoms with Crippen molar-refractivity contribution in [2.24, 2.45) is 0 Å². The van der Waals surface area contributed by atoms with Crippen LogP contribution in [0.15, 0.2) is 64.4 Å². The first-order chi connectivity index (χ1) is 16.4. The number of hydrogen-bond acceptors (Lipinski definition) is 10. The Balaban J connectivity index is 1.56. The molecule has 0 bridgehead atoms. The zero-order valence-electron chi connectivity index (χ0n) is 17.1. The molecule has 0 unspecified atom stereocenters. The van der Waals surface area contributed by atoms with Crippen LogP contribution in [0.1, 0.15) is 41.7 Å². The predicted molar refractivity (Wildman–Crippen MR) is 109 cm³/mol. The normalized spacial score (nSPS) is 16.9. The average Bonchev–Trinajstić information content (AvgIpc) is 3.44. The summed E-state index contributed by atoms with van der Waals surface area (Å²) in [6.45, 7) is -0.100. The summed E-state index contributed by atoms with van der Waals surface area (Å²) in [5.41, 5.74) is 0.572. The van der Waals surface area contributed by atoms with E-state index in [1.807, 2.05) is 0 Å². The van der Waals surface area contributed by atoms with Gasteiger partial charge in [0, 0.05) is 36.9 Å². The van der Waals surface area contributed by atoms with Crippen LogP contribution >= 0.6 is 0 Å². The van der Waals surface area contributed by atoms with E-state index in [1.54, 1.807) is 12.1 Å². The van der Waals surface area contributed by atoms with Crippen LogP contribution in [0.5, 0.6) is 0 Å². The SMILES string of the molecule is O=S1(=O)c2cc(-c3nnc(C(F)F)o3)ccc2CN1[C@@H](c1ncccn1)[C@@H](O)c1ncccn1. The molecule has 0 radical (unpaired) electrons. The number of hydrogen-bond donors (Lipinski definition) is 1. The van der Waals surface area contributed by atoms with Crippen LogP contribution in [0.2, 0.25) is 0 Å². The summed E-state index contributed by atoms with van der Waals surface area (Å²) >= 11 is 0. The van der Waals surface area contributed by atoms with Gasteiger partial charge in [0.25, 0.3) is 5.89 Å². The smallest absolute Gasteiger partial charge is 0.314 e. The molecule has 0 amide bonds. The fourth-order valence-electron chi connectivity index (χ4n) is 3.62. The number of rotatable bonds is 6. The molecule has 4 aromatic rings. The lowest BCUT2D eigenvalue weighted by Crippen LogP contribution is -2.35. The molecular weight excluding hydrogens is 472 g/mol. The number of benzene rings is 1. The van der Waals surface area contributed by atoms with Gasteiger partial charge >= 0.3 is 6.43 Å². The third-order valence-corrected chi connectivity index (χ3v) is 7.07. The fraction of sp³-hybridized carbons (Fsp3) is 0.200. The van der Waals surface area contributed by atoms with Gasteiger partial charge in [0.05, 0.1) is 4.90 Å².